The van der Waals surface area contributed by atoms with Crippen molar-refractivity contribution in [3.8, 4) is 5.75 Å². The molecule has 1 aromatic rings. The van der Waals surface area contributed by atoms with Gasteiger partial charge in [0.2, 0.25) is 0 Å². The van der Waals surface area contributed by atoms with Crippen LogP contribution in [0.25, 0.3) is 0 Å². The first kappa shape index (κ1) is 14.2. The van der Waals surface area contributed by atoms with Gasteiger partial charge in [0.25, 0.3) is 11.8 Å². The van der Waals surface area contributed by atoms with Crippen molar-refractivity contribution in [3.63, 3.8) is 0 Å². The molecule has 0 radical (unpaired) electrons. The Kier molecular flexibility index (Phi) is 3.34. The summed E-state index contributed by atoms with van der Waals surface area (Å²) in [6.07, 6.45) is 0.588. The maximum Gasteiger partial charge on any atom is 0.260 e. The first-order valence-electron chi connectivity index (χ1n) is 6.97. The third-order valence-corrected chi connectivity index (χ3v) is 4.47. The molecule has 1 amide bonds. The molecule has 3 nitrogen and oxygen atoms in total. The zero-order chi connectivity index (χ0) is 15.1. The second-order valence-corrected chi connectivity index (χ2v) is 5.76. The topological polar surface area (TPSA) is 29.5 Å². The Bertz CT molecular complexity index is 554. The maximum absolute atomic E-state index is 13.3. The second-order valence-electron chi connectivity index (χ2n) is 5.76. The molecule has 1 spiro atoms. The number of ether oxygens (including phenoxy) is 1. The van der Waals surface area contributed by atoms with Crippen molar-refractivity contribution in [2.45, 2.75) is 25.2 Å². The van der Waals surface area contributed by atoms with Gasteiger partial charge in [-0.2, -0.15) is 0 Å². The van der Waals surface area contributed by atoms with E-state index < -0.39 is 17.2 Å². The van der Waals surface area contributed by atoms with Crippen LogP contribution in [-0.2, 0) is 4.79 Å². The zero-order valence-electron chi connectivity index (χ0n) is 11.4. The number of carbonyl (C=O) groups excluding carboxylic acids is 1. The fourth-order valence-corrected chi connectivity index (χ4v) is 2.90. The van der Waals surface area contributed by atoms with E-state index in [1.54, 1.807) is 6.07 Å². The van der Waals surface area contributed by atoms with E-state index in [2.05, 4.69) is 0 Å². The molecule has 6 heteroatoms. The minimum Gasteiger partial charge on any atom is -0.481 e. The monoisotopic (exact) mass is 299 g/mol. The summed E-state index contributed by atoms with van der Waals surface area (Å²) in [5.74, 6) is -3.36. The Hall–Kier alpha value is -1.72. The number of alkyl halides is 2. The summed E-state index contributed by atoms with van der Waals surface area (Å²) in [6.45, 7) is 0.356. The highest BCUT2D eigenvalue weighted by Gasteiger charge is 2.70. The lowest BCUT2D eigenvalue weighted by molar-refractivity contribution is -0.135. The lowest BCUT2D eigenvalue weighted by atomic mass is 9.93. The van der Waals surface area contributed by atoms with E-state index in [1.807, 2.05) is 0 Å². The lowest BCUT2D eigenvalue weighted by Crippen LogP contribution is -2.42. The van der Waals surface area contributed by atoms with Crippen LogP contribution in [0.1, 0.15) is 19.3 Å². The molecular weight excluding hydrogens is 283 g/mol. The van der Waals surface area contributed by atoms with Crippen molar-refractivity contribution in [1.82, 2.24) is 4.90 Å². The van der Waals surface area contributed by atoms with Crippen LogP contribution in [-0.4, -0.2) is 36.4 Å². The smallest absolute Gasteiger partial charge is 0.260 e. The van der Waals surface area contributed by atoms with Crippen LogP contribution < -0.4 is 4.74 Å². The van der Waals surface area contributed by atoms with Crippen LogP contribution in [0, 0.1) is 11.2 Å². The molecule has 21 heavy (non-hydrogen) atoms. The quantitative estimate of drug-likeness (QED) is 0.859. The van der Waals surface area contributed by atoms with Gasteiger partial charge in [0, 0.05) is 24.9 Å². The van der Waals surface area contributed by atoms with Gasteiger partial charge in [0.1, 0.15) is 0 Å². The summed E-state index contributed by atoms with van der Waals surface area (Å²) in [6, 6.07) is 5.84. The normalized spacial score (nSPS) is 22.1. The molecule has 2 aliphatic rings. The minimum atomic E-state index is -2.56. The first-order valence-corrected chi connectivity index (χ1v) is 6.97. The highest BCUT2D eigenvalue weighted by atomic mass is 19.3. The van der Waals surface area contributed by atoms with E-state index in [4.69, 9.17) is 4.74 Å². The highest BCUT2D eigenvalue weighted by Crippen LogP contribution is 2.65. The van der Waals surface area contributed by atoms with Gasteiger partial charge < -0.3 is 9.64 Å². The van der Waals surface area contributed by atoms with E-state index >= 15 is 0 Å². The number of carbonyl (C=O) groups is 1. The number of rotatable bonds is 3. The lowest BCUT2D eigenvalue weighted by Gasteiger charge is -2.32. The third-order valence-electron chi connectivity index (χ3n) is 4.47. The number of hydrogen-bond acceptors (Lipinski definition) is 2. The average molecular weight is 299 g/mol. The van der Waals surface area contributed by atoms with E-state index in [0.717, 1.165) is 0 Å². The number of likely N-dealkylation sites (tertiary alicyclic amines) is 1. The van der Waals surface area contributed by atoms with Crippen molar-refractivity contribution in [2.75, 3.05) is 19.7 Å². The molecule has 1 aromatic carbocycles. The van der Waals surface area contributed by atoms with Gasteiger partial charge in [-0.1, -0.05) is 12.1 Å². The standard InChI is InChI=1S/C15H16F3NO2/c16-11-3-1-2-4-12(11)21-9-13(20)19-7-5-14(6-8-19)10-15(14,17)18/h1-4H,5-10H2. The molecule has 1 heterocycles. The summed E-state index contributed by atoms with van der Waals surface area (Å²) in [4.78, 5) is 13.5. The van der Waals surface area contributed by atoms with Crippen molar-refractivity contribution < 1.29 is 22.7 Å². The Morgan fingerprint density at radius 1 is 1.24 bits per heavy atom. The molecule has 1 saturated carbocycles. The third kappa shape index (κ3) is 2.59. The van der Waals surface area contributed by atoms with Crippen LogP contribution >= 0.6 is 0 Å². The highest BCUT2D eigenvalue weighted by molar-refractivity contribution is 5.77. The van der Waals surface area contributed by atoms with Gasteiger partial charge in [-0.3, -0.25) is 4.79 Å². The number of benzene rings is 1. The Morgan fingerprint density at radius 3 is 2.43 bits per heavy atom. The summed E-state index contributed by atoms with van der Waals surface area (Å²) in [7, 11) is 0. The van der Waals surface area contributed by atoms with Crippen LogP contribution in [0.5, 0.6) is 5.75 Å². The molecule has 1 aliphatic heterocycles. The second kappa shape index (κ2) is 4.93. The summed E-state index contributed by atoms with van der Waals surface area (Å²) in [5.41, 5.74) is -0.879. The summed E-state index contributed by atoms with van der Waals surface area (Å²) >= 11 is 0. The molecule has 0 aromatic heterocycles. The Balaban J connectivity index is 1.50. The molecule has 2 fully saturated rings. The van der Waals surface area contributed by atoms with Gasteiger partial charge in [-0.25, -0.2) is 13.2 Å². The van der Waals surface area contributed by atoms with Crippen LogP contribution in [0.15, 0.2) is 24.3 Å². The average Bonchev–Trinajstić information content (AvgIpc) is 2.98. The van der Waals surface area contributed by atoms with E-state index in [0.29, 0.717) is 25.9 Å². The molecule has 0 bridgehead atoms. The molecule has 3 rings (SSSR count). The molecule has 114 valence electrons. The van der Waals surface area contributed by atoms with Crippen LogP contribution in [0.3, 0.4) is 0 Å². The molecule has 0 atom stereocenters. The maximum atomic E-state index is 13.3. The number of amides is 1. The van der Waals surface area contributed by atoms with E-state index in [-0.39, 0.29) is 24.7 Å². The predicted molar refractivity (Wildman–Crippen MR) is 69.7 cm³/mol. The first-order chi connectivity index (χ1) is 9.94. The van der Waals surface area contributed by atoms with Gasteiger partial charge >= 0.3 is 0 Å². The van der Waals surface area contributed by atoms with Crippen molar-refractivity contribution in [2.24, 2.45) is 5.41 Å². The number of piperidine rings is 1. The van der Waals surface area contributed by atoms with Crippen LogP contribution in [0.4, 0.5) is 13.2 Å². The van der Waals surface area contributed by atoms with Gasteiger partial charge in [-0.15, -0.1) is 0 Å². The molecule has 0 N–H and O–H groups in total. The molecule has 1 aliphatic carbocycles. The number of hydrogen-bond donors (Lipinski definition) is 0. The Morgan fingerprint density at radius 2 is 1.86 bits per heavy atom. The summed E-state index contributed by atoms with van der Waals surface area (Å²) in [5, 5.41) is 0. The van der Waals surface area contributed by atoms with Crippen molar-refractivity contribution >= 4 is 5.91 Å². The minimum absolute atomic E-state index is 0.0213. The number of nitrogens with zero attached hydrogens (tertiary/aromatic N) is 1. The molecular formula is C15H16F3NO2. The molecule has 1 saturated heterocycles. The fourth-order valence-electron chi connectivity index (χ4n) is 2.90. The van der Waals surface area contributed by atoms with E-state index in [1.165, 1.54) is 23.1 Å². The number of halogens is 3. The van der Waals surface area contributed by atoms with Gasteiger partial charge in [0.15, 0.2) is 18.2 Å². The van der Waals surface area contributed by atoms with E-state index in [9.17, 15) is 18.0 Å². The van der Waals surface area contributed by atoms with Crippen molar-refractivity contribution in [3.05, 3.63) is 30.1 Å². The van der Waals surface area contributed by atoms with Gasteiger partial charge in [0.05, 0.1) is 0 Å². The largest absolute Gasteiger partial charge is 0.481 e. The number of para-hydroxylation sites is 1. The SMILES string of the molecule is O=C(COc1ccccc1F)N1CCC2(CC1)CC2(F)F. The summed E-state index contributed by atoms with van der Waals surface area (Å²) < 4.78 is 45.0. The zero-order valence-corrected chi connectivity index (χ0v) is 11.4. The van der Waals surface area contributed by atoms with Gasteiger partial charge in [-0.05, 0) is 25.0 Å². The van der Waals surface area contributed by atoms with Crippen LogP contribution in [0.2, 0.25) is 0 Å². The molecule has 0 unspecified atom stereocenters. The predicted octanol–water partition coefficient (Wildman–Crippen LogP) is 2.85. The Labute approximate surface area is 120 Å². The fraction of sp³-hybridized carbons (Fsp3) is 0.533. The van der Waals surface area contributed by atoms with Crippen molar-refractivity contribution in [1.29, 1.82) is 0 Å².